The van der Waals surface area contributed by atoms with E-state index < -0.39 is 23.8 Å². The molecule has 0 fully saturated rings. The predicted molar refractivity (Wildman–Crippen MR) is 115 cm³/mol. The number of benzene rings is 2. The number of carbonyl (C=O) groups is 3. The van der Waals surface area contributed by atoms with Gasteiger partial charge in [0.25, 0.3) is 11.8 Å². The van der Waals surface area contributed by atoms with Gasteiger partial charge >= 0.3 is 0 Å². The molecule has 1 unspecified atom stereocenters. The predicted octanol–water partition coefficient (Wildman–Crippen LogP) is 5.95. The number of hydrogen-bond donors (Lipinski definition) is 1. The van der Waals surface area contributed by atoms with E-state index in [1.807, 2.05) is 13.8 Å². The molecule has 9 heteroatoms. The van der Waals surface area contributed by atoms with Crippen LogP contribution < -0.4 is 5.32 Å². The molecule has 3 rings (SSSR count). The summed E-state index contributed by atoms with van der Waals surface area (Å²) < 4.78 is 0. The molecular weight excluding hydrogens is 458 g/mol. The molecule has 152 valence electrons. The normalized spacial score (nSPS) is 14.4. The fraction of sp³-hybridized carbons (Fsp3) is 0.250. The highest BCUT2D eigenvalue weighted by atomic mass is 35.5. The third kappa shape index (κ3) is 4.38. The van der Waals surface area contributed by atoms with Gasteiger partial charge in [-0.25, -0.2) is 0 Å². The molecule has 3 amide bonds. The Kier molecular flexibility index (Phi) is 6.44. The zero-order valence-corrected chi connectivity index (χ0v) is 18.5. The molecule has 5 nitrogen and oxygen atoms in total. The van der Waals surface area contributed by atoms with E-state index in [-0.39, 0.29) is 38.5 Å². The summed E-state index contributed by atoms with van der Waals surface area (Å²) in [5, 5.41) is 3.65. The fourth-order valence-corrected chi connectivity index (χ4v) is 3.79. The monoisotopic (exact) mass is 472 g/mol. The minimum Gasteiger partial charge on any atom is -0.323 e. The average Bonchev–Trinajstić information content (AvgIpc) is 2.87. The molecule has 29 heavy (non-hydrogen) atoms. The first-order valence-electron chi connectivity index (χ1n) is 8.73. The van der Waals surface area contributed by atoms with Crippen LogP contribution in [0.25, 0.3) is 0 Å². The first kappa shape index (κ1) is 21.9. The second-order valence-corrected chi connectivity index (χ2v) is 8.71. The number of fused-ring (bicyclic) bond motifs is 1. The lowest BCUT2D eigenvalue weighted by atomic mass is 10.0. The minimum atomic E-state index is -1.05. The van der Waals surface area contributed by atoms with Crippen molar-refractivity contribution in [3.05, 3.63) is 61.5 Å². The molecule has 0 bridgehead atoms. The third-order valence-corrected chi connectivity index (χ3v) is 5.74. The molecule has 2 aromatic rings. The summed E-state index contributed by atoms with van der Waals surface area (Å²) in [6, 6.07) is 6.27. The van der Waals surface area contributed by atoms with Gasteiger partial charge in [-0.15, -0.1) is 0 Å². The molecule has 0 radical (unpaired) electrons. The topological polar surface area (TPSA) is 66.5 Å². The van der Waals surface area contributed by atoms with Crippen LogP contribution in [0.3, 0.4) is 0 Å². The van der Waals surface area contributed by atoms with E-state index in [0.29, 0.717) is 10.7 Å². The number of amides is 3. The SMILES string of the molecule is CC(C)CC(C(=O)Nc1cc(Cl)ccc1Cl)N1C(=O)c2cc(Cl)c(Cl)cc2C1=O. The summed E-state index contributed by atoms with van der Waals surface area (Å²) in [4.78, 5) is 39.9. The smallest absolute Gasteiger partial charge is 0.262 e. The van der Waals surface area contributed by atoms with E-state index in [1.54, 1.807) is 12.1 Å². The Labute approximate surface area is 187 Å². The van der Waals surface area contributed by atoms with Crippen molar-refractivity contribution in [3.8, 4) is 0 Å². The van der Waals surface area contributed by atoms with E-state index in [4.69, 9.17) is 46.4 Å². The van der Waals surface area contributed by atoms with Crippen molar-refractivity contribution in [2.45, 2.75) is 26.3 Å². The summed E-state index contributed by atoms with van der Waals surface area (Å²) in [6.45, 7) is 3.77. The highest BCUT2D eigenvalue weighted by Crippen LogP contribution is 2.34. The van der Waals surface area contributed by atoms with Crippen LogP contribution in [0.2, 0.25) is 20.1 Å². The van der Waals surface area contributed by atoms with Gasteiger partial charge in [-0.1, -0.05) is 60.3 Å². The van der Waals surface area contributed by atoms with Gasteiger partial charge in [0.2, 0.25) is 5.91 Å². The Bertz CT molecular complexity index is 982. The van der Waals surface area contributed by atoms with Crippen molar-refractivity contribution in [1.29, 1.82) is 0 Å². The summed E-state index contributed by atoms with van der Waals surface area (Å²) in [5.41, 5.74) is 0.527. The molecule has 0 aromatic heterocycles. The van der Waals surface area contributed by atoms with Crippen LogP contribution in [-0.2, 0) is 4.79 Å². The molecule has 0 aliphatic carbocycles. The van der Waals surface area contributed by atoms with Gasteiger partial charge in [0.05, 0.1) is 31.9 Å². The van der Waals surface area contributed by atoms with Crippen LogP contribution in [0.5, 0.6) is 0 Å². The van der Waals surface area contributed by atoms with E-state index >= 15 is 0 Å². The molecular formula is C20H16Cl4N2O3. The maximum Gasteiger partial charge on any atom is 0.262 e. The van der Waals surface area contributed by atoms with Crippen molar-refractivity contribution in [2.24, 2.45) is 5.92 Å². The van der Waals surface area contributed by atoms with Crippen molar-refractivity contribution < 1.29 is 14.4 Å². The summed E-state index contributed by atoms with van der Waals surface area (Å²) in [7, 11) is 0. The van der Waals surface area contributed by atoms with E-state index in [1.165, 1.54) is 18.2 Å². The number of hydrogen-bond acceptors (Lipinski definition) is 3. The van der Waals surface area contributed by atoms with Gasteiger partial charge in [0, 0.05) is 5.02 Å². The molecule has 2 aromatic carbocycles. The molecule has 1 aliphatic rings. The Morgan fingerprint density at radius 3 is 2.00 bits per heavy atom. The lowest BCUT2D eigenvalue weighted by Gasteiger charge is -2.27. The van der Waals surface area contributed by atoms with Gasteiger partial charge in [-0.2, -0.15) is 0 Å². The second-order valence-electron chi connectivity index (χ2n) is 7.05. The second kappa shape index (κ2) is 8.52. The van der Waals surface area contributed by atoms with Crippen molar-refractivity contribution >= 4 is 69.8 Å². The van der Waals surface area contributed by atoms with E-state index in [0.717, 1.165) is 4.90 Å². The standard InChI is InChI=1S/C20H16Cl4N2O3/c1-9(2)5-17(18(27)25-16-6-10(21)3-4-13(16)22)26-19(28)11-7-14(23)15(24)8-12(11)20(26)29/h3-4,6-9,17H,5H2,1-2H3,(H,25,27). The number of nitrogens with one attached hydrogen (secondary N) is 1. The first-order chi connectivity index (χ1) is 13.6. The largest absolute Gasteiger partial charge is 0.323 e. The van der Waals surface area contributed by atoms with Crippen molar-refractivity contribution in [2.75, 3.05) is 5.32 Å². The number of nitrogens with zero attached hydrogens (tertiary/aromatic N) is 1. The third-order valence-electron chi connectivity index (χ3n) is 4.45. The summed E-state index contributed by atoms with van der Waals surface area (Å²) >= 11 is 24.1. The highest BCUT2D eigenvalue weighted by Gasteiger charge is 2.43. The van der Waals surface area contributed by atoms with Crippen LogP contribution in [-0.4, -0.2) is 28.7 Å². The van der Waals surface area contributed by atoms with Crippen molar-refractivity contribution in [3.63, 3.8) is 0 Å². The van der Waals surface area contributed by atoms with Gasteiger partial charge in [0.15, 0.2) is 0 Å². The van der Waals surface area contributed by atoms with E-state index in [9.17, 15) is 14.4 Å². The molecule has 0 spiro atoms. The Hall–Kier alpha value is -1.79. The lowest BCUT2D eigenvalue weighted by molar-refractivity contribution is -0.120. The first-order valence-corrected chi connectivity index (χ1v) is 10.2. The molecule has 0 saturated carbocycles. The van der Waals surface area contributed by atoms with Crippen LogP contribution in [0.1, 0.15) is 41.0 Å². The Morgan fingerprint density at radius 1 is 0.931 bits per heavy atom. The van der Waals surface area contributed by atoms with Crippen LogP contribution in [0, 0.1) is 5.92 Å². The van der Waals surface area contributed by atoms with Gasteiger partial charge in [-0.05, 0) is 42.7 Å². The lowest BCUT2D eigenvalue weighted by Crippen LogP contribution is -2.48. The van der Waals surface area contributed by atoms with Gasteiger partial charge in [-0.3, -0.25) is 19.3 Å². The fourth-order valence-electron chi connectivity index (χ4n) is 3.12. The van der Waals surface area contributed by atoms with Crippen LogP contribution in [0.15, 0.2) is 30.3 Å². The number of rotatable bonds is 5. The zero-order chi connectivity index (χ0) is 21.5. The number of imide groups is 1. The molecule has 0 saturated heterocycles. The minimum absolute atomic E-state index is 0.0251. The highest BCUT2D eigenvalue weighted by molar-refractivity contribution is 6.43. The van der Waals surface area contributed by atoms with E-state index in [2.05, 4.69) is 5.32 Å². The Morgan fingerprint density at radius 2 is 1.48 bits per heavy atom. The average molecular weight is 474 g/mol. The van der Waals surface area contributed by atoms with Crippen LogP contribution >= 0.6 is 46.4 Å². The maximum absolute atomic E-state index is 13.1. The number of halogens is 4. The number of carbonyl (C=O) groups excluding carboxylic acids is 3. The number of anilines is 1. The quantitative estimate of drug-likeness (QED) is 0.545. The van der Waals surface area contributed by atoms with Crippen LogP contribution in [0.4, 0.5) is 5.69 Å². The maximum atomic E-state index is 13.1. The van der Waals surface area contributed by atoms with Gasteiger partial charge < -0.3 is 5.32 Å². The molecule has 1 N–H and O–H groups in total. The molecule has 1 aliphatic heterocycles. The molecule has 1 atom stereocenters. The zero-order valence-electron chi connectivity index (χ0n) is 15.4. The summed E-state index contributed by atoms with van der Waals surface area (Å²) in [6.07, 6.45) is 0.261. The van der Waals surface area contributed by atoms with Gasteiger partial charge in [0.1, 0.15) is 6.04 Å². The van der Waals surface area contributed by atoms with Crippen molar-refractivity contribution in [1.82, 2.24) is 4.90 Å². The molecule has 1 heterocycles. The Balaban J connectivity index is 1.97. The summed E-state index contributed by atoms with van der Waals surface area (Å²) in [5.74, 6) is -1.71.